The van der Waals surface area contributed by atoms with Crippen molar-refractivity contribution < 1.29 is 5.11 Å². The van der Waals surface area contributed by atoms with E-state index in [2.05, 4.69) is 9.88 Å². The molecule has 2 heterocycles. The predicted octanol–water partition coefficient (Wildman–Crippen LogP) is 1.12. The van der Waals surface area contributed by atoms with Gasteiger partial charge in [0.2, 0.25) is 0 Å². The summed E-state index contributed by atoms with van der Waals surface area (Å²) in [4.78, 5) is 27.5. The van der Waals surface area contributed by atoms with Gasteiger partial charge in [0.1, 0.15) is 0 Å². The molecule has 0 amide bonds. The molecule has 23 heavy (non-hydrogen) atoms. The maximum atomic E-state index is 11.8. The lowest BCUT2D eigenvalue weighted by molar-refractivity contribution is 0.240. The topological polar surface area (TPSA) is 78.3 Å². The molecule has 1 saturated heterocycles. The molecule has 2 aromatic rings. The van der Waals surface area contributed by atoms with Crippen LogP contribution in [-0.2, 0) is 0 Å². The summed E-state index contributed by atoms with van der Waals surface area (Å²) in [6.07, 6.45) is 4.57. The van der Waals surface area contributed by atoms with Crippen molar-refractivity contribution in [1.29, 1.82) is 0 Å². The fourth-order valence-corrected chi connectivity index (χ4v) is 3.11. The van der Waals surface area contributed by atoms with Crippen LogP contribution in [0.15, 0.2) is 46.1 Å². The van der Waals surface area contributed by atoms with Gasteiger partial charge in [0.05, 0.1) is 5.69 Å². The largest absolute Gasteiger partial charge is 0.396 e. The summed E-state index contributed by atoms with van der Waals surface area (Å²) in [5.41, 5.74) is 1.03. The van der Waals surface area contributed by atoms with E-state index in [1.165, 1.54) is 16.8 Å². The number of nitrogens with one attached hydrogen (secondary N) is 1. The maximum Gasteiger partial charge on any atom is 0.332 e. The highest BCUT2D eigenvalue weighted by atomic mass is 16.3. The molecule has 1 aromatic carbocycles. The Kier molecular flexibility index (Phi) is 4.62. The van der Waals surface area contributed by atoms with Crippen molar-refractivity contribution in [3.63, 3.8) is 0 Å². The Labute approximate surface area is 134 Å². The molecule has 0 atom stereocenters. The van der Waals surface area contributed by atoms with Crippen LogP contribution < -0.4 is 16.1 Å². The summed E-state index contributed by atoms with van der Waals surface area (Å²) in [6.45, 7) is 2.25. The van der Waals surface area contributed by atoms with Gasteiger partial charge >= 0.3 is 5.69 Å². The van der Waals surface area contributed by atoms with Crippen molar-refractivity contribution in [1.82, 2.24) is 9.55 Å². The van der Waals surface area contributed by atoms with E-state index in [4.69, 9.17) is 5.11 Å². The number of nitrogens with zero attached hydrogens (tertiary/aromatic N) is 2. The minimum atomic E-state index is -0.435. The Morgan fingerprint density at radius 3 is 2.30 bits per heavy atom. The number of rotatable bonds is 4. The molecular formula is C17H21N3O3. The highest BCUT2D eigenvalue weighted by molar-refractivity contribution is 5.51. The summed E-state index contributed by atoms with van der Waals surface area (Å²) >= 11 is 0. The molecular weight excluding hydrogens is 294 g/mol. The molecule has 1 aliphatic rings. The van der Waals surface area contributed by atoms with Crippen molar-refractivity contribution in [2.45, 2.75) is 19.3 Å². The zero-order chi connectivity index (χ0) is 16.2. The van der Waals surface area contributed by atoms with Crippen LogP contribution >= 0.6 is 0 Å². The van der Waals surface area contributed by atoms with Gasteiger partial charge in [-0.25, -0.2) is 4.79 Å². The monoisotopic (exact) mass is 315 g/mol. The molecule has 0 spiro atoms. The smallest absolute Gasteiger partial charge is 0.332 e. The van der Waals surface area contributed by atoms with Crippen molar-refractivity contribution in [2.75, 3.05) is 24.6 Å². The lowest BCUT2D eigenvalue weighted by Crippen LogP contribution is -2.34. The van der Waals surface area contributed by atoms with E-state index in [1.54, 1.807) is 0 Å². The number of aromatic amines is 1. The molecule has 6 nitrogen and oxygen atoms in total. The highest BCUT2D eigenvalue weighted by Gasteiger charge is 2.18. The molecule has 3 rings (SSSR count). The Morgan fingerprint density at radius 2 is 1.70 bits per heavy atom. The second kappa shape index (κ2) is 6.83. The van der Waals surface area contributed by atoms with Crippen molar-refractivity contribution in [3.8, 4) is 5.69 Å². The summed E-state index contributed by atoms with van der Waals surface area (Å²) in [5.74, 6) is 0.621. The molecule has 122 valence electrons. The van der Waals surface area contributed by atoms with Crippen LogP contribution in [0.1, 0.15) is 19.3 Å². The van der Waals surface area contributed by atoms with Crippen LogP contribution in [0.4, 0.5) is 5.69 Å². The number of hydrogen-bond donors (Lipinski definition) is 2. The lowest BCUT2D eigenvalue weighted by Gasteiger charge is -2.33. The van der Waals surface area contributed by atoms with Gasteiger partial charge < -0.3 is 10.0 Å². The average molecular weight is 315 g/mol. The molecule has 0 radical (unpaired) electrons. The Balaban J connectivity index is 1.73. The van der Waals surface area contributed by atoms with Crippen LogP contribution in [-0.4, -0.2) is 34.4 Å². The molecule has 1 aliphatic heterocycles. The standard InChI is InChI=1S/C17H21N3O3/c21-12-8-13-5-9-19(10-6-13)14-1-3-15(4-2-14)20-11-7-16(22)18-17(20)23/h1-4,7,11,13,21H,5-6,8-10,12H2,(H,18,22,23). The van der Waals surface area contributed by atoms with Gasteiger partial charge in [-0.2, -0.15) is 0 Å². The van der Waals surface area contributed by atoms with E-state index >= 15 is 0 Å². The van der Waals surface area contributed by atoms with E-state index < -0.39 is 11.2 Å². The maximum absolute atomic E-state index is 11.8. The number of anilines is 1. The zero-order valence-electron chi connectivity index (χ0n) is 12.9. The number of aliphatic hydroxyl groups excluding tert-OH is 1. The molecule has 2 N–H and O–H groups in total. The average Bonchev–Trinajstić information content (AvgIpc) is 2.56. The number of benzene rings is 1. The second-order valence-corrected chi connectivity index (χ2v) is 5.94. The van der Waals surface area contributed by atoms with Crippen molar-refractivity contribution >= 4 is 5.69 Å². The fraction of sp³-hybridized carbons (Fsp3) is 0.412. The number of aromatic nitrogens is 2. The van der Waals surface area contributed by atoms with Gasteiger partial charge in [-0.1, -0.05) is 0 Å². The summed E-state index contributed by atoms with van der Waals surface area (Å²) in [6, 6.07) is 9.10. The summed E-state index contributed by atoms with van der Waals surface area (Å²) < 4.78 is 1.42. The van der Waals surface area contributed by atoms with Gasteiger partial charge in [0.25, 0.3) is 5.56 Å². The first-order valence-corrected chi connectivity index (χ1v) is 7.95. The van der Waals surface area contributed by atoms with Gasteiger partial charge in [-0.15, -0.1) is 0 Å². The van der Waals surface area contributed by atoms with E-state index in [0.717, 1.165) is 43.7 Å². The Morgan fingerprint density at radius 1 is 1.04 bits per heavy atom. The summed E-state index contributed by atoms with van der Waals surface area (Å²) in [7, 11) is 0. The van der Waals surface area contributed by atoms with Gasteiger partial charge in [0, 0.05) is 37.6 Å². The van der Waals surface area contributed by atoms with Crippen molar-refractivity contribution in [2.24, 2.45) is 5.92 Å². The number of piperidine rings is 1. The minimum absolute atomic E-state index is 0.271. The fourth-order valence-electron chi connectivity index (χ4n) is 3.11. The number of hydrogen-bond acceptors (Lipinski definition) is 4. The minimum Gasteiger partial charge on any atom is -0.396 e. The molecule has 0 aliphatic carbocycles. The Hall–Kier alpha value is -2.34. The van der Waals surface area contributed by atoms with Crippen LogP contribution in [0, 0.1) is 5.92 Å². The van der Waals surface area contributed by atoms with Crippen molar-refractivity contribution in [3.05, 3.63) is 57.4 Å². The molecule has 0 bridgehead atoms. The molecule has 1 fully saturated rings. The Bertz CT molecular complexity index is 756. The SMILES string of the molecule is O=c1ccn(-c2ccc(N3CCC(CCO)CC3)cc2)c(=O)[nH]1. The van der Waals surface area contributed by atoms with Crippen LogP contribution in [0.5, 0.6) is 0 Å². The van der Waals surface area contributed by atoms with Gasteiger partial charge in [-0.3, -0.25) is 14.3 Å². The third-order valence-corrected chi connectivity index (χ3v) is 4.47. The van der Waals surface area contributed by atoms with Crippen LogP contribution in [0.25, 0.3) is 5.69 Å². The normalized spacial score (nSPS) is 15.8. The number of aliphatic hydroxyl groups is 1. The highest BCUT2D eigenvalue weighted by Crippen LogP contribution is 2.25. The van der Waals surface area contributed by atoms with Crippen LogP contribution in [0.2, 0.25) is 0 Å². The van der Waals surface area contributed by atoms with Crippen LogP contribution in [0.3, 0.4) is 0 Å². The third kappa shape index (κ3) is 3.53. The van der Waals surface area contributed by atoms with E-state index in [1.807, 2.05) is 24.3 Å². The van der Waals surface area contributed by atoms with E-state index in [0.29, 0.717) is 5.92 Å². The second-order valence-electron chi connectivity index (χ2n) is 5.94. The van der Waals surface area contributed by atoms with Gasteiger partial charge in [0.15, 0.2) is 0 Å². The predicted molar refractivity (Wildman–Crippen MR) is 89.3 cm³/mol. The zero-order valence-corrected chi connectivity index (χ0v) is 12.9. The van der Waals surface area contributed by atoms with E-state index in [-0.39, 0.29) is 6.61 Å². The first kappa shape index (κ1) is 15.6. The van der Waals surface area contributed by atoms with E-state index in [9.17, 15) is 9.59 Å². The third-order valence-electron chi connectivity index (χ3n) is 4.47. The summed E-state index contributed by atoms with van der Waals surface area (Å²) in [5, 5.41) is 9.02. The first-order chi connectivity index (χ1) is 11.2. The molecule has 0 saturated carbocycles. The molecule has 1 aromatic heterocycles. The quantitative estimate of drug-likeness (QED) is 0.886. The lowest BCUT2D eigenvalue weighted by atomic mass is 9.93. The first-order valence-electron chi connectivity index (χ1n) is 7.95. The molecule has 0 unspecified atom stereocenters. The van der Waals surface area contributed by atoms with Gasteiger partial charge in [-0.05, 0) is 49.4 Å². The molecule has 6 heteroatoms. The number of H-pyrrole nitrogens is 1.